The molecule has 10 nitrogen and oxygen atoms in total. The number of nitrogens with one attached hydrogen (secondary N) is 2. The number of likely N-dealkylation sites (N-methyl/N-ethyl adjacent to an activating group) is 1. The van der Waals surface area contributed by atoms with Crippen molar-refractivity contribution in [3.05, 3.63) is 94.3 Å². The summed E-state index contributed by atoms with van der Waals surface area (Å²) in [6.45, 7) is 0. The second-order valence-electron chi connectivity index (χ2n) is 8.86. The van der Waals surface area contributed by atoms with Gasteiger partial charge in [0.2, 0.25) is 5.91 Å². The van der Waals surface area contributed by atoms with Crippen LogP contribution in [0.4, 0.5) is 10.5 Å². The average Bonchev–Trinajstić information content (AvgIpc) is 3.64. The number of aromatic nitrogens is 1. The molecule has 2 aromatic carbocycles. The molecule has 2 aromatic heterocycles. The first-order chi connectivity index (χ1) is 19.1. The summed E-state index contributed by atoms with van der Waals surface area (Å²) < 4.78 is 39.9. The van der Waals surface area contributed by atoms with Crippen LogP contribution in [0.15, 0.2) is 77.5 Å². The van der Waals surface area contributed by atoms with E-state index in [0.29, 0.717) is 12.1 Å². The molecule has 0 spiro atoms. The Balaban J connectivity index is 0.00000462. The van der Waals surface area contributed by atoms with Crippen molar-refractivity contribution in [3.8, 4) is 9.88 Å². The number of nitrogens with zero attached hydrogens (tertiary/aromatic N) is 2. The zero-order valence-corrected chi connectivity index (χ0v) is 27.1. The third kappa shape index (κ3) is 9.36. The van der Waals surface area contributed by atoms with Gasteiger partial charge in [-0.3, -0.25) is 14.4 Å². The van der Waals surface area contributed by atoms with Crippen molar-refractivity contribution in [2.24, 2.45) is 0 Å². The minimum atomic E-state index is -4.65. The number of carbonyl (C=O) groups is 2. The van der Waals surface area contributed by atoms with E-state index in [1.165, 1.54) is 42.5 Å². The van der Waals surface area contributed by atoms with Crippen molar-refractivity contribution in [1.82, 2.24) is 15.2 Å². The van der Waals surface area contributed by atoms with E-state index in [1.807, 2.05) is 57.9 Å². The van der Waals surface area contributed by atoms with E-state index in [-0.39, 0.29) is 47.6 Å². The molecule has 4 rings (SSSR count). The van der Waals surface area contributed by atoms with E-state index < -0.39 is 28.5 Å². The topological polar surface area (TPSA) is 141 Å². The van der Waals surface area contributed by atoms with E-state index in [1.54, 1.807) is 23.5 Å². The number of hydrogen-bond acceptors (Lipinski definition) is 9. The largest absolute Gasteiger partial charge is 1.00 e. The zero-order chi connectivity index (χ0) is 28.7. The maximum Gasteiger partial charge on any atom is 1.00 e. The van der Waals surface area contributed by atoms with Crippen LogP contribution < -0.4 is 39.6 Å². The summed E-state index contributed by atoms with van der Waals surface area (Å²) in [7, 11) is -1.87. The summed E-state index contributed by atoms with van der Waals surface area (Å²) in [5.41, 5.74) is 2.42. The summed E-state index contributed by atoms with van der Waals surface area (Å²) in [6.07, 6.45) is -0.0475. The number of rotatable bonds is 11. The Morgan fingerprint density at radius 1 is 1.00 bits per heavy atom. The number of methoxy groups -OCH3 is 1. The van der Waals surface area contributed by atoms with Crippen LogP contribution in [-0.4, -0.2) is 55.1 Å². The Morgan fingerprint density at radius 3 is 2.29 bits per heavy atom. The maximum atomic E-state index is 13.7. The van der Waals surface area contributed by atoms with Crippen LogP contribution >= 0.6 is 22.7 Å². The molecule has 0 radical (unpaired) electrons. The Kier molecular flexibility index (Phi) is 11.9. The van der Waals surface area contributed by atoms with Crippen LogP contribution in [0.1, 0.15) is 22.9 Å². The molecule has 41 heavy (non-hydrogen) atoms. The third-order valence-electron chi connectivity index (χ3n) is 6.07. The molecular formula is C27H27N4NaO6S3. The van der Waals surface area contributed by atoms with E-state index >= 15 is 0 Å². The molecule has 0 aliphatic heterocycles. The molecule has 4 aromatic rings. The van der Waals surface area contributed by atoms with Crippen molar-refractivity contribution in [3.63, 3.8) is 0 Å². The molecule has 2 N–H and O–H groups in total. The normalized spacial score (nSPS) is 12.5. The van der Waals surface area contributed by atoms with Crippen LogP contribution in [0.2, 0.25) is 0 Å². The predicted molar refractivity (Wildman–Crippen MR) is 154 cm³/mol. The van der Waals surface area contributed by atoms with Crippen molar-refractivity contribution >= 4 is 50.7 Å². The number of anilines is 1. The molecule has 210 valence electrons. The molecule has 0 aliphatic carbocycles. The molecular weight excluding hydrogens is 596 g/mol. The fraction of sp³-hybridized carbons (Fsp3) is 0.222. The van der Waals surface area contributed by atoms with Gasteiger partial charge in [-0.05, 0) is 41.1 Å². The van der Waals surface area contributed by atoms with Crippen LogP contribution in [0.3, 0.4) is 0 Å². The van der Waals surface area contributed by atoms with E-state index in [9.17, 15) is 22.6 Å². The molecule has 2 amide bonds. The van der Waals surface area contributed by atoms with Gasteiger partial charge in [0.05, 0.1) is 23.7 Å². The molecule has 0 saturated heterocycles. The van der Waals surface area contributed by atoms with Gasteiger partial charge in [0.15, 0.2) is 10.3 Å². The summed E-state index contributed by atoms with van der Waals surface area (Å²) in [5, 5.41) is 7.74. The first-order valence-electron chi connectivity index (χ1n) is 12.1. The smallest absolute Gasteiger partial charge is 0.731 e. The van der Waals surface area contributed by atoms with Gasteiger partial charge in [-0.15, -0.1) is 22.7 Å². The van der Waals surface area contributed by atoms with Crippen molar-refractivity contribution < 1.29 is 56.9 Å². The molecule has 0 bridgehead atoms. The Labute approximate surface area is 268 Å². The summed E-state index contributed by atoms with van der Waals surface area (Å²) in [5.74, 6) is -0.386. The fourth-order valence-corrected chi connectivity index (χ4v) is 6.17. The average molecular weight is 623 g/mol. The van der Waals surface area contributed by atoms with Gasteiger partial charge in [0, 0.05) is 24.5 Å². The molecule has 2 atom stereocenters. The first kappa shape index (κ1) is 32.7. The van der Waals surface area contributed by atoms with Gasteiger partial charge in [-0.2, -0.15) is 0 Å². The number of thiophene rings is 1. The SMILES string of the molecule is COC(=O)N(C)[C@@H](Cc1ccccc1)C(=O)N[C@@H](Cc1ccc(NS(=O)(=O)[O-])cc1)c1csc(-c2cccs2)n1.[Na+]. The third-order valence-corrected chi connectivity index (χ3v) is 8.45. The molecule has 14 heteroatoms. The van der Waals surface area contributed by atoms with Gasteiger partial charge >= 0.3 is 35.7 Å². The number of hydrogen-bond donors (Lipinski definition) is 2. The first-order valence-corrected chi connectivity index (χ1v) is 15.3. The Bertz CT molecular complexity index is 1530. The van der Waals surface area contributed by atoms with E-state index in [4.69, 9.17) is 9.72 Å². The van der Waals surface area contributed by atoms with Crippen molar-refractivity contribution in [1.29, 1.82) is 0 Å². The standard InChI is InChI=1S/C27H28N4O6S3.Na/c1-31(27(33)37-2)23(16-18-7-4-3-5-8-18)25(32)28-21(22-17-39-26(29-22)24-9-6-14-38-24)15-19-10-12-20(13-11-19)30-40(34,35)36;/h3-14,17,21,23,30H,15-16H2,1-2H3,(H,28,32)(H,34,35,36);/q;+1/p-1/t21-,23-;/m0./s1. The number of amides is 2. The van der Waals surface area contributed by atoms with Crippen LogP contribution in [0.5, 0.6) is 0 Å². The number of benzene rings is 2. The second kappa shape index (κ2) is 14.9. The van der Waals surface area contributed by atoms with Crippen LogP contribution in [0.25, 0.3) is 9.88 Å². The van der Waals surface area contributed by atoms with Crippen molar-refractivity contribution in [2.45, 2.75) is 24.9 Å². The van der Waals surface area contributed by atoms with Gasteiger partial charge in [-0.1, -0.05) is 48.5 Å². The minimum absolute atomic E-state index is 0. The second-order valence-corrected chi connectivity index (χ2v) is 11.8. The monoisotopic (exact) mass is 622 g/mol. The summed E-state index contributed by atoms with van der Waals surface area (Å²) in [6, 6.07) is 18.1. The van der Waals surface area contributed by atoms with Crippen LogP contribution in [-0.2, 0) is 32.7 Å². The van der Waals surface area contributed by atoms with E-state index in [0.717, 1.165) is 21.0 Å². The molecule has 0 saturated carbocycles. The van der Waals surface area contributed by atoms with E-state index in [2.05, 4.69) is 5.32 Å². The van der Waals surface area contributed by atoms with Gasteiger partial charge in [-0.25, -0.2) is 18.2 Å². The molecule has 0 aliphatic rings. The molecule has 2 heterocycles. The number of ether oxygens (including phenoxy) is 1. The van der Waals surface area contributed by atoms with Crippen molar-refractivity contribution in [2.75, 3.05) is 18.9 Å². The number of carbonyl (C=O) groups excluding carboxylic acids is 2. The zero-order valence-electron chi connectivity index (χ0n) is 22.6. The fourth-order valence-electron chi connectivity index (χ4n) is 4.06. The predicted octanol–water partition coefficient (Wildman–Crippen LogP) is 1.46. The van der Waals surface area contributed by atoms with Gasteiger partial charge < -0.3 is 14.6 Å². The number of thiazole rings is 1. The van der Waals surface area contributed by atoms with Crippen LogP contribution in [0, 0.1) is 0 Å². The Hall–Kier alpha value is -2.78. The molecule has 0 fully saturated rings. The Morgan fingerprint density at radius 2 is 1.68 bits per heavy atom. The summed E-state index contributed by atoms with van der Waals surface area (Å²) in [4.78, 5) is 33.2. The minimum Gasteiger partial charge on any atom is -0.731 e. The molecule has 0 unspecified atom stereocenters. The maximum absolute atomic E-state index is 13.7. The summed E-state index contributed by atoms with van der Waals surface area (Å²) >= 11 is 3.02. The van der Waals surface area contributed by atoms with Gasteiger partial charge in [0.25, 0.3) is 0 Å². The van der Waals surface area contributed by atoms with Gasteiger partial charge in [0.1, 0.15) is 11.0 Å². The quantitative estimate of drug-likeness (QED) is 0.191.